The monoisotopic (exact) mass is 206 g/mol. The number of hydrogen-bond donors (Lipinski definition) is 0. The van der Waals surface area contributed by atoms with Gasteiger partial charge in [-0.25, -0.2) is 4.79 Å². The Morgan fingerprint density at radius 3 is 2.47 bits per heavy atom. The van der Waals surface area contributed by atoms with E-state index in [2.05, 4.69) is 6.58 Å². The van der Waals surface area contributed by atoms with Crippen molar-refractivity contribution in [3.05, 3.63) is 42.7 Å². The van der Waals surface area contributed by atoms with Crippen LogP contribution in [-0.2, 0) is 9.53 Å². The van der Waals surface area contributed by atoms with Crippen molar-refractivity contribution < 1.29 is 14.3 Å². The quantitative estimate of drug-likeness (QED) is 0.561. The zero-order valence-corrected chi connectivity index (χ0v) is 8.90. The molecule has 1 atom stereocenters. The highest BCUT2D eigenvalue weighted by atomic mass is 16.6. The SMILES string of the molecule is C=C(C)OC(=O)C(C)Oc1ccccc1. The van der Waals surface area contributed by atoms with Crippen molar-refractivity contribution in [3.63, 3.8) is 0 Å². The molecule has 0 saturated carbocycles. The third-order valence-corrected chi connectivity index (χ3v) is 1.66. The van der Waals surface area contributed by atoms with Gasteiger partial charge in [0.05, 0.1) is 5.76 Å². The molecule has 1 aromatic carbocycles. The maximum absolute atomic E-state index is 11.3. The smallest absolute Gasteiger partial charge is 0.352 e. The lowest BCUT2D eigenvalue weighted by Gasteiger charge is -2.13. The lowest BCUT2D eigenvalue weighted by molar-refractivity contribution is -0.146. The van der Waals surface area contributed by atoms with Crippen LogP contribution in [0.2, 0.25) is 0 Å². The van der Waals surface area contributed by atoms with Gasteiger partial charge in [-0.1, -0.05) is 24.8 Å². The minimum Gasteiger partial charge on any atom is -0.479 e. The number of hydrogen-bond acceptors (Lipinski definition) is 3. The predicted octanol–water partition coefficient (Wildman–Crippen LogP) is 2.53. The average Bonchev–Trinajstić information content (AvgIpc) is 2.18. The molecule has 0 fully saturated rings. The minimum atomic E-state index is -0.635. The van der Waals surface area contributed by atoms with Crippen LogP contribution in [0, 0.1) is 0 Å². The molecule has 0 spiro atoms. The highest BCUT2D eigenvalue weighted by Crippen LogP contribution is 2.11. The van der Waals surface area contributed by atoms with Crippen LogP contribution in [0.15, 0.2) is 42.7 Å². The van der Waals surface area contributed by atoms with Gasteiger partial charge in [0.2, 0.25) is 0 Å². The van der Waals surface area contributed by atoms with E-state index >= 15 is 0 Å². The number of carbonyl (C=O) groups excluding carboxylic acids is 1. The molecule has 0 radical (unpaired) electrons. The van der Waals surface area contributed by atoms with E-state index in [4.69, 9.17) is 9.47 Å². The van der Waals surface area contributed by atoms with Gasteiger partial charge in [-0.15, -0.1) is 0 Å². The van der Waals surface area contributed by atoms with E-state index in [0.29, 0.717) is 11.5 Å². The first-order valence-electron chi connectivity index (χ1n) is 4.68. The van der Waals surface area contributed by atoms with Crippen LogP contribution in [0.5, 0.6) is 5.75 Å². The van der Waals surface area contributed by atoms with Crippen LogP contribution in [0.25, 0.3) is 0 Å². The standard InChI is InChI=1S/C12H14O3/c1-9(2)14-12(13)10(3)15-11-7-5-4-6-8-11/h4-8,10H,1H2,2-3H3. The number of benzene rings is 1. The molecule has 0 aliphatic rings. The Bertz CT molecular complexity index is 343. The largest absolute Gasteiger partial charge is 0.479 e. The average molecular weight is 206 g/mol. The summed E-state index contributed by atoms with van der Waals surface area (Å²) in [5.74, 6) is 0.568. The van der Waals surface area contributed by atoms with E-state index in [9.17, 15) is 4.79 Å². The molecule has 0 saturated heterocycles. The fourth-order valence-electron chi connectivity index (χ4n) is 1.01. The first-order valence-corrected chi connectivity index (χ1v) is 4.68. The molecule has 15 heavy (non-hydrogen) atoms. The van der Waals surface area contributed by atoms with E-state index < -0.39 is 12.1 Å². The van der Waals surface area contributed by atoms with Gasteiger partial charge in [-0.05, 0) is 26.0 Å². The molecule has 0 amide bonds. The number of ether oxygens (including phenoxy) is 2. The van der Waals surface area contributed by atoms with Crippen molar-refractivity contribution in [2.75, 3.05) is 0 Å². The number of esters is 1. The second-order valence-electron chi connectivity index (χ2n) is 3.20. The lowest BCUT2D eigenvalue weighted by atomic mass is 10.3. The molecule has 3 heteroatoms. The van der Waals surface area contributed by atoms with Crippen LogP contribution in [0.3, 0.4) is 0 Å². The summed E-state index contributed by atoms with van der Waals surface area (Å²) >= 11 is 0. The summed E-state index contributed by atoms with van der Waals surface area (Å²) < 4.78 is 10.2. The van der Waals surface area contributed by atoms with Crippen molar-refractivity contribution in [2.45, 2.75) is 20.0 Å². The zero-order chi connectivity index (χ0) is 11.3. The Balaban J connectivity index is 2.52. The third-order valence-electron chi connectivity index (χ3n) is 1.66. The Labute approximate surface area is 89.3 Å². The summed E-state index contributed by atoms with van der Waals surface area (Å²) in [6.45, 7) is 6.74. The summed E-state index contributed by atoms with van der Waals surface area (Å²) in [7, 11) is 0. The molecule has 0 heterocycles. The van der Waals surface area contributed by atoms with E-state index in [1.54, 1.807) is 26.0 Å². The topological polar surface area (TPSA) is 35.5 Å². The molecule has 0 bridgehead atoms. The normalized spacial score (nSPS) is 11.6. The van der Waals surface area contributed by atoms with E-state index in [1.165, 1.54) is 0 Å². The lowest BCUT2D eigenvalue weighted by Crippen LogP contribution is -2.25. The van der Waals surface area contributed by atoms with Gasteiger partial charge >= 0.3 is 5.97 Å². The summed E-state index contributed by atoms with van der Waals surface area (Å²) in [5.41, 5.74) is 0. The highest BCUT2D eigenvalue weighted by Gasteiger charge is 2.16. The molecule has 0 N–H and O–H groups in total. The first-order chi connectivity index (χ1) is 7.09. The summed E-state index contributed by atoms with van der Waals surface area (Å²) in [6, 6.07) is 9.12. The van der Waals surface area contributed by atoms with E-state index in [-0.39, 0.29) is 0 Å². The molecular formula is C12H14O3. The molecule has 80 valence electrons. The number of carbonyl (C=O) groups is 1. The van der Waals surface area contributed by atoms with Crippen LogP contribution < -0.4 is 4.74 Å². The Morgan fingerprint density at radius 2 is 1.93 bits per heavy atom. The van der Waals surface area contributed by atoms with Gasteiger partial charge in [0.1, 0.15) is 5.75 Å². The first kappa shape index (κ1) is 11.3. The molecular weight excluding hydrogens is 192 g/mol. The number of para-hydroxylation sites is 1. The molecule has 0 aliphatic heterocycles. The Morgan fingerprint density at radius 1 is 1.33 bits per heavy atom. The predicted molar refractivity (Wildman–Crippen MR) is 57.4 cm³/mol. The fraction of sp³-hybridized carbons (Fsp3) is 0.250. The maximum atomic E-state index is 11.3. The van der Waals surface area contributed by atoms with Gasteiger partial charge in [0, 0.05) is 0 Å². The van der Waals surface area contributed by atoms with Crippen molar-refractivity contribution in [1.82, 2.24) is 0 Å². The second-order valence-corrected chi connectivity index (χ2v) is 3.20. The van der Waals surface area contributed by atoms with Gasteiger partial charge in [-0.3, -0.25) is 0 Å². The van der Waals surface area contributed by atoms with Crippen LogP contribution >= 0.6 is 0 Å². The summed E-state index contributed by atoms with van der Waals surface area (Å²) in [6.07, 6.45) is -0.635. The van der Waals surface area contributed by atoms with Crippen molar-refractivity contribution >= 4 is 5.97 Å². The van der Waals surface area contributed by atoms with Crippen molar-refractivity contribution in [3.8, 4) is 5.75 Å². The second kappa shape index (κ2) is 5.20. The molecule has 0 aromatic heterocycles. The molecule has 1 aromatic rings. The molecule has 0 aliphatic carbocycles. The minimum absolute atomic E-state index is 0.364. The third kappa shape index (κ3) is 3.85. The Kier molecular flexibility index (Phi) is 3.92. The maximum Gasteiger partial charge on any atom is 0.352 e. The number of rotatable bonds is 4. The van der Waals surface area contributed by atoms with Gasteiger partial charge < -0.3 is 9.47 Å². The van der Waals surface area contributed by atoms with Gasteiger partial charge in [-0.2, -0.15) is 0 Å². The number of allylic oxidation sites excluding steroid dienone is 1. The van der Waals surface area contributed by atoms with Crippen molar-refractivity contribution in [1.29, 1.82) is 0 Å². The van der Waals surface area contributed by atoms with Crippen LogP contribution in [0.1, 0.15) is 13.8 Å². The van der Waals surface area contributed by atoms with Crippen LogP contribution in [0.4, 0.5) is 0 Å². The van der Waals surface area contributed by atoms with Gasteiger partial charge in [0.15, 0.2) is 6.10 Å². The summed E-state index contributed by atoms with van der Waals surface area (Å²) in [5, 5.41) is 0. The fourth-order valence-corrected chi connectivity index (χ4v) is 1.01. The van der Waals surface area contributed by atoms with Gasteiger partial charge in [0.25, 0.3) is 0 Å². The molecule has 1 unspecified atom stereocenters. The van der Waals surface area contributed by atoms with E-state index in [1.807, 2.05) is 18.2 Å². The zero-order valence-electron chi connectivity index (χ0n) is 8.90. The van der Waals surface area contributed by atoms with Crippen LogP contribution in [-0.4, -0.2) is 12.1 Å². The van der Waals surface area contributed by atoms with E-state index in [0.717, 1.165) is 0 Å². The Hall–Kier alpha value is -1.77. The summed E-state index contributed by atoms with van der Waals surface area (Å²) in [4.78, 5) is 11.3. The van der Waals surface area contributed by atoms with Crippen molar-refractivity contribution in [2.24, 2.45) is 0 Å². The molecule has 3 nitrogen and oxygen atoms in total. The molecule has 1 rings (SSSR count). The highest BCUT2D eigenvalue weighted by molar-refractivity contribution is 5.75.